The summed E-state index contributed by atoms with van der Waals surface area (Å²) in [5.41, 5.74) is 17.4. The van der Waals surface area contributed by atoms with Gasteiger partial charge in [-0.3, -0.25) is 81.5 Å². The molecule has 736 valence electrons. The van der Waals surface area contributed by atoms with Crippen LogP contribution in [-0.4, -0.2) is 300 Å². The van der Waals surface area contributed by atoms with Crippen LogP contribution in [0.5, 0.6) is 0 Å². The summed E-state index contributed by atoms with van der Waals surface area (Å²) < 4.78 is 18.0. The molecule has 0 spiro atoms. The van der Waals surface area contributed by atoms with E-state index in [2.05, 4.69) is 42.2 Å². The number of nitrogens with zero attached hydrogens (tertiary/aromatic N) is 3. The van der Waals surface area contributed by atoms with E-state index in [0.29, 0.717) is 5.56 Å². The van der Waals surface area contributed by atoms with E-state index in [-0.39, 0.29) is 99.9 Å². The van der Waals surface area contributed by atoms with Crippen molar-refractivity contribution in [2.75, 3.05) is 31.3 Å². The van der Waals surface area contributed by atoms with Crippen LogP contribution in [0, 0.1) is 59.2 Å². The maximum Gasteiger partial charge on any atom is 0.305 e. The number of aliphatic hydroxyl groups excluding tert-OH is 8. The molecule has 3 heterocycles. The number of ether oxygens (including phenoxy) is 3. The number of nitrogens with one attached hydrogen (secondary N) is 6. The fraction of sp³-hybridized carbons (Fsp3) is 0.709. The molecule has 4 rings (SSSR count). The summed E-state index contributed by atoms with van der Waals surface area (Å²) in [4.78, 5) is 234. The number of aliphatic carboxylic acids is 3. The number of amides is 8. The third-order valence-corrected chi connectivity index (χ3v) is 25.6. The van der Waals surface area contributed by atoms with Crippen LogP contribution in [-0.2, 0) is 109 Å². The molecule has 7 unspecified atom stereocenters. The summed E-state index contributed by atoms with van der Waals surface area (Å²) in [6.07, 6.45) is -22.9. The van der Waals surface area contributed by atoms with Crippen molar-refractivity contribution in [1.82, 2.24) is 46.9 Å². The second kappa shape index (κ2) is 56.7. The predicted molar refractivity (Wildman–Crippen MR) is 469 cm³/mol. The Morgan fingerprint density at radius 2 is 1.05 bits per heavy atom. The van der Waals surface area contributed by atoms with E-state index in [0.717, 1.165) is 40.1 Å². The van der Waals surface area contributed by atoms with Crippen molar-refractivity contribution in [3.63, 3.8) is 0 Å². The van der Waals surface area contributed by atoms with Gasteiger partial charge in [0.05, 0.1) is 98.7 Å². The van der Waals surface area contributed by atoms with Gasteiger partial charge in [-0.05, 0) is 81.1 Å². The SMILES string of the molecule is CCC(C)[C@H](CC(=O)[C@H](CC(=O)O)NC(=O)[C@@H](CC(=O)[C@@H](NC(=O)[C@H](CCc1cn([C@@H]2OC(CO)[C@H](O)[C@H](O)C2NC(C)=O)nn1)CC(=O)[C@H](Cc1ccccc1)NC(=O)[C@H](CC(=O)O)CC(=O)[C@@H](N)CCC(N)=O)C(C)CC)C(C)O)C(=O)N[C@@H](CSSCCO[C@@H]1OC(CO)[C@H](O)[C@H](O)C1O)C(=O)C[C@@H](CC(C)C)C(=O)N[C@@H](CC(C)C)C(=O)C[C@@H](CCC(=O)O)C(N)=O. The molecule has 2 aromatic rings. The quantitative estimate of drug-likeness (QED) is 0.0254. The van der Waals surface area contributed by atoms with Crippen molar-refractivity contribution in [3.8, 4) is 0 Å². The van der Waals surface area contributed by atoms with Gasteiger partial charge in [0.25, 0.3) is 0 Å². The molecule has 131 heavy (non-hydrogen) atoms. The number of aliphatic hydroxyl groups is 8. The minimum Gasteiger partial charge on any atom is -0.481 e. The number of Topliss-reactive ketones (excluding diaryl/α,β-unsaturated/α-hetero) is 6. The lowest BCUT2D eigenvalue weighted by Gasteiger charge is -2.42. The molecule has 23 N–H and O–H groups in total. The first kappa shape index (κ1) is 114. The largest absolute Gasteiger partial charge is 0.481 e. The molecule has 0 radical (unpaired) electrons. The average molecular weight is 1900 g/mol. The minimum atomic E-state index is -1.99. The molecule has 0 saturated carbocycles. The Bertz CT molecular complexity index is 4150. The Hall–Kier alpha value is -9.23. The van der Waals surface area contributed by atoms with Gasteiger partial charge in [-0.15, -0.1) is 5.10 Å². The van der Waals surface area contributed by atoms with Crippen LogP contribution in [0.2, 0.25) is 0 Å². The number of carbonyl (C=O) groups is 17. The Balaban J connectivity index is 1.74. The van der Waals surface area contributed by atoms with Gasteiger partial charge < -0.3 is 119 Å². The molecule has 43 nitrogen and oxygen atoms in total. The van der Waals surface area contributed by atoms with E-state index < -0.39 is 322 Å². The number of aryl methyl sites for hydroxylation is 1. The zero-order chi connectivity index (χ0) is 98.5. The summed E-state index contributed by atoms with van der Waals surface area (Å²) in [5.74, 6) is -27.9. The van der Waals surface area contributed by atoms with Crippen molar-refractivity contribution in [2.24, 2.45) is 76.4 Å². The molecule has 45 heteroatoms. The molecule has 25 atom stereocenters. The first-order valence-corrected chi connectivity index (χ1v) is 46.4. The molecule has 2 aliphatic heterocycles. The molecule has 8 amide bonds. The van der Waals surface area contributed by atoms with E-state index >= 15 is 19.2 Å². The number of benzene rings is 1. The van der Waals surface area contributed by atoms with Crippen LogP contribution < -0.4 is 49.1 Å². The molecule has 0 bridgehead atoms. The lowest BCUT2D eigenvalue weighted by atomic mass is 9.84. The second-order valence-corrected chi connectivity index (χ2v) is 37.3. The highest BCUT2D eigenvalue weighted by Crippen LogP contribution is 2.33. The average Bonchev–Trinajstić information content (AvgIpc) is 1.75. The van der Waals surface area contributed by atoms with Crippen molar-refractivity contribution in [1.29, 1.82) is 0 Å². The lowest BCUT2D eigenvalue weighted by Crippen LogP contribution is -2.62. The standard InChI is InChI=1S/C86H134N12O31S2/c1-11-43(7)53(83(125)94-59(40-131-130-25-24-127-86-78(120)77(119)75(117)67(39-100)129-86)63(106)32-50(26-41(3)4)81(123)91-56(27-42(5)6)61(104)29-48(79(89)121)19-23-69(110)111)34-64(107)58(36-71(114)115)93-84(126)54(45(9)101)35-65(108)72(44(8)12-2)95-80(122)49(18-20-52-37-98(97-96-52)85-73(90-46(10)102)76(118)74(116)66(38-99)128-85)30-62(105)57(28-47-16-14-13-15-17-47)92-82(124)51(33-70(112)113)31-60(103)55(87)21-22-68(88)109/h13-17,37,41-45,48-51,53-59,66-67,72-78,85-86,99-101,116-120H,11-12,18-36,38-40,87H2,1-10H3,(H2,88,109)(H2,89,121)(H,90,102)(H,91,123)(H,92,124)(H,93,126)(H,94,125)(H,95,122)(H,110,111)(H,112,113)(H,114,115)/t43?,44?,45?,48-,49-,50-,51+,53+,54+,55+,56+,57+,58+,59+,66?,67?,72+,73?,74+,75+,76-,77+,78?,85-,86-/m1/s1. The van der Waals surface area contributed by atoms with Crippen LogP contribution in [0.3, 0.4) is 0 Å². The van der Waals surface area contributed by atoms with E-state index in [1.54, 1.807) is 85.7 Å². The normalized spacial score (nSPS) is 22.1. The Morgan fingerprint density at radius 1 is 0.527 bits per heavy atom. The summed E-state index contributed by atoms with van der Waals surface area (Å²) in [7, 11) is 2.10. The van der Waals surface area contributed by atoms with Crippen molar-refractivity contribution in [2.45, 2.75) is 295 Å². The number of carbonyl (C=O) groups excluding carboxylic acids is 14. The number of rotatable bonds is 64. The molecular weight excluding hydrogens is 1760 g/mol. The van der Waals surface area contributed by atoms with Crippen LogP contribution >= 0.6 is 21.6 Å². The number of carboxylic acid groups (broad SMARTS) is 3. The zero-order valence-electron chi connectivity index (χ0n) is 75.5. The van der Waals surface area contributed by atoms with Crippen molar-refractivity contribution >= 4 is 121 Å². The van der Waals surface area contributed by atoms with Gasteiger partial charge in [-0.2, -0.15) is 0 Å². The van der Waals surface area contributed by atoms with Gasteiger partial charge in [0.1, 0.15) is 54.6 Å². The fourth-order valence-electron chi connectivity index (χ4n) is 15.1. The predicted octanol–water partition coefficient (Wildman–Crippen LogP) is -1.90. The number of primary amides is 2. The Morgan fingerprint density at radius 3 is 1.63 bits per heavy atom. The van der Waals surface area contributed by atoms with Crippen LogP contribution in [0.25, 0.3) is 0 Å². The van der Waals surface area contributed by atoms with Gasteiger partial charge in [-0.1, -0.05) is 125 Å². The van der Waals surface area contributed by atoms with Gasteiger partial charge >= 0.3 is 17.9 Å². The van der Waals surface area contributed by atoms with Gasteiger partial charge in [-0.25, -0.2) is 4.68 Å². The zero-order valence-corrected chi connectivity index (χ0v) is 77.1. The third-order valence-electron chi connectivity index (χ3n) is 23.2. The monoisotopic (exact) mass is 1890 g/mol. The third kappa shape index (κ3) is 38.0. The smallest absolute Gasteiger partial charge is 0.305 e. The van der Waals surface area contributed by atoms with Crippen LogP contribution in [0.15, 0.2) is 36.5 Å². The Kier molecular flexibility index (Phi) is 49.4. The highest BCUT2D eigenvalue weighted by molar-refractivity contribution is 8.76. The Labute approximate surface area is 767 Å². The lowest BCUT2D eigenvalue weighted by molar-refractivity contribution is -0.299. The van der Waals surface area contributed by atoms with E-state index in [1.807, 2.05) is 0 Å². The molecule has 2 saturated heterocycles. The topological polar surface area (TPSA) is 721 Å². The number of nitrogens with two attached hydrogens (primary N) is 3. The van der Waals surface area contributed by atoms with Crippen molar-refractivity contribution < 1.29 is 152 Å². The van der Waals surface area contributed by atoms with Crippen molar-refractivity contribution in [3.05, 3.63) is 47.8 Å². The maximum absolute atomic E-state index is 15.3. The fourth-order valence-corrected chi connectivity index (χ4v) is 17.2. The number of aromatic nitrogens is 3. The van der Waals surface area contributed by atoms with E-state index in [1.165, 1.54) is 6.20 Å². The number of ketones is 6. The first-order valence-electron chi connectivity index (χ1n) is 43.9. The molecule has 1 aromatic heterocycles. The highest BCUT2D eigenvalue weighted by atomic mass is 33.1. The van der Waals surface area contributed by atoms with Gasteiger partial charge in [0.15, 0.2) is 41.4 Å². The number of hydrogen-bond donors (Lipinski definition) is 20. The summed E-state index contributed by atoms with van der Waals surface area (Å²) in [6, 6.07) is -2.54. The van der Waals surface area contributed by atoms with Gasteiger partial charge in [0, 0.05) is 93.5 Å². The summed E-state index contributed by atoms with van der Waals surface area (Å²) >= 11 is 0. The first-order chi connectivity index (χ1) is 61.6. The molecule has 2 aliphatic rings. The van der Waals surface area contributed by atoms with E-state index in [9.17, 15) is 119 Å². The molecule has 2 fully saturated rings. The molecule has 0 aliphatic carbocycles. The molecular formula is C86H134N12O31S2. The number of carboxylic acids is 3. The molecule has 1 aromatic carbocycles. The minimum absolute atomic E-state index is 0.0406. The van der Waals surface area contributed by atoms with E-state index in [4.69, 9.17) is 31.4 Å². The maximum atomic E-state index is 15.3. The van der Waals surface area contributed by atoms with Crippen LogP contribution in [0.4, 0.5) is 0 Å². The highest BCUT2D eigenvalue weighted by Gasteiger charge is 2.48. The second-order valence-electron chi connectivity index (χ2n) is 34.7. The van der Waals surface area contributed by atoms with Gasteiger partial charge in [0.2, 0.25) is 47.3 Å². The van der Waals surface area contributed by atoms with Crippen LogP contribution in [0.1, 0.15) is 196 Å². The summed E-state index contributed by atoms with van der Waals surface area (Å²) in [6.45, 7) is 14.0. The summed E-state index contributed by atoms with van der Waals surface area (Å²) in [5, 5.41) is 138. The number of hydrogen-bond acceptors (Lipinski definition) is 33.